The van der Waals surface area contributed by atoms with Crippen LogP contribution in [0.5, 0.6) is 0 Å². The number of anilines is 3. The first-order valence-corrected chi connectivity index (χ1v) is 9.83. The van der Waals surface area contributed by atoms with E-state index in [2.05, 4.69) is 20.3 Å². The fraction of sp³-hybridized carbons (Fsp3) is 0.500. The number of likely N-dealkylation sites (tertiary alicyclic amines) is 1. The van der Waals surface area contributed by atoms with Crippen molar-refractivity contribution in [1.29, 1.82) is 0 Å². The van der Waals surface area contributed by atoms with Crippen LogP contribution >= 0.6 is 0 Å². The van der Waals surface area contributed by atoms with Crippen LogP contribution in [-0.2, 0) is 4.79 Å². The zero-order valence-electron chi connectivity index (χ0n) is 16.3. The highest BCUT2D eigenvalue weighted by Gasteiger charge is 2.39. The van der Waals surface area contributed by atoms with Crippen molar-refractivity contribution >= 4 is 23.4 Å². The van der Waals surface area contributed by atoms with Crippen molar-refractivity contribution in [3.8, 4) is 0 Å². The van der Waals surface area contributed by atoms with Crippen LogP contribution in [0, 0.1) is 0 Å². The summed E-state index contributed by atoms with van der Waals surface area (Å²) in [6.07, 6.45) is 4.58. The summed E-state index contributed by atoms with van der Waals surface area (Å²) in [5.41, 5.74) is 1.05. The van der Waals surface area contributed by atoms with Gasteiger partial charge in [-0.3, -0.25) is 4.79 Å². The van der Waals surface area contributed by atoms with Crippen LogP contribution in [0.4, 0.5) is 26.2 Å². The van der Waals surface area contributed by atoms with Crippen LogP contribution in [0.15, 0.2) is 30.7 Å². The maximum absolute atomic E-state index is 13.8. The third-order valence-electron chi connectivity index (χ3n) is 5.58. The number of carbonyl (C=O) groups excluding carboxylic acids is 1. The van der Waals surface area contributed by atoms with Gasteiger partial charge in [0.05, 0.1) is 6.54 Å². The molecule has 2 aliphatic rings. The van der Waals surface area contributed by atoms with E-state index in [0.29, 0.717) is 30.5 Å². The van der Waals surface area contributed by atoms with E-state index in [1.54, 1.807) is 24.1 Å². The molecule has 0 atom stereocenters. The van der Waals surface area contributed by atoms with Gasteiger partial charge in [-0.05, 0) is 42.5 Å². The number of hydrogen-bond acceptors (Lipinski definition) is 6. The summed E-state index contributed by atoms with van der Waals surface area (Å²) in [6.45, 7) is 2.95. The molecule has 4 heterocycles. The summed E-state index contributed by atoms with van der Waals surface area (Å²) in [4.78, 5) is 27.7. The highest BCUT2D eigenvalue weighted by molar-refractivity contribution is 5.73. The smallest absolute Gasteiger partial charge is 0.266 e. The van der Waals surface area contributed by atoms with E-state index in [0.717, 1.165) is 18.4 Å². The van der Waals surface area contributed by atoms with Gasteiger partial charge in [0.15, 0.2) is 0 Å². The second-order valence-electron chi connectivity index (χ2n) is 7.67. The standard InChI is InChI=1S/C20H24F2N6O/c1-14(29)27-7-3-15(4-8-27)16-10-18(25-17-2-6-23-13-24-17)26-19(11-16)28-9-5-20(21,22)12-28/h2,6,10-11,13,15H,3-5,7-9,12H2,1H3,(H,23,24,25,26). The number of aromatic nitrogens is 3. The van der Waals surface area contributed by atoms with Crippen LogP contribution in [0.25, 0.3) is 0 Å². The van der Waals surface area contributed by atoms with Gasteiger partial charge < -0.3 is 15.1 Å². The minimum atomic E-state index is -2.69. The maximum atomic E-state index is 13.8. The number of nitrogens with one attached hydrogen (secondary N) is 1. The normalized spacial score (nSPS) is 19.4. The third kappa shape index (κ3) is 4.60. The fourth-order valence-corrected chi connectivity index (χ4v) is 3.95. The molecule has 0 radical (unpaired) electrons. The van der Waals surface area contributed by atoms with E-state index in [1.807, 2.05) is 17.0 Å². The van der Waals surface area contributed by atoms with Gasteiger partial charge in [-0.2, -0.15) is 0 Å². The molecular formula is C20H24F2N6O. The van der Waals surface area contributed by atoms with Crippen molar-refractivity contribution < 1.29 is 13.6 Å². The molecule has 4 rings (SSSR count). The Morgan fingerprint density at radius 2 is 2.00 bits per heavy atom. The third-order valence-corrected chi connectivity index (χ3v) is 5.58. The number of pyridine rings is 1. The molecular weight excluding hydrogens is 378 g/mol. The molecule has 7 nitrogen and oxygen atoms in total. The van der Waals surface area contributed by atoms with Gasteiger partial charge in [-0.1, -0.05) is 0 Å². The van der Waals surface area contributed by atoms with Gasteiger partial charge in [-0.15, -0.1) is 0 Å². The largest absolute Gasteiger partial charge is 0.350 e. The van der Waals surface area contributed by atoms with E-state index < -0.39 is 5.92 Å². The number of halogens is 2. The van der Waals surface area contributed by atoms with E-state index in [9.17, 15) is 13.6 Å². The molecule has 0 aromatic carbocycles. The summed E-state index contributed by atoms with van der Waals surface area (Å²) in [5.74, 6) is -0.643. The lowest BCUT2D eigenvalue weighted by molar-refractivity contribution is -0.129. The summed E-state index contributed by atoms with van der Waals surface area (Å²) in [6, 6.07) is 5.60. The summed E-state index contributed by atoms with van der Waals surface area (Å²) >= 11 is 0. The predicted octanol–water partition coefficient (Wildman–Crippen LogP) is 3.19. The Balaban J connectivity index is 1.60. The Bertz CT molecular complexity index is 871. The van der Waals surface area contributed by atoms with Crippen LogP contribution < -0.4 is 10.2 Å². The molecule has 2 fully saturated rings. The van der Waals surface area contributed by atoms with Crippen molar-refractivity contribution in [3.05, 3.63) is 36.3 Å². The van der Waals surface area contributed by atoms with Gasteiger partial charge in [0.25, 0.3) is 5.92 Å². The molecule has 2 aromatic heterocycles. The SMILES string of the molecule is CC(=O)N1CCC(c2cc(Nc3ccncn3)nc(N3CCC(F)(F)C3)c2)CC1. The molecule has 29 heavy (non-hydrogen) atoms. The predicted molar refractivity (Wildman–Crippen MR) is 106 cm³/mol. The molecule has 0 aliphatic carbocycles. The van der Waals surface area contributed by atoms with Gasteiger partial charge >= 0.3 is 0 Å². The molecule has 0 unspecified atom stereocenters. The van der Waals surface area contributed by atoms with Gasteiger partial charge in [0.1, 0.15) is 23.8 Å². The number of rotatable bonds is 4. The van der Waals surface area contributed by atoms with Crippen molar-refractivity contribution in [1.82, 2.24) is 19.9 Å². The minimum Gasteiger partial charge on any atom is -0.350 e. The van der Waals surface area contributed by atoms with E-state index >= 15 is 0 Å². The molecule has 9 heteroatoms. The lowest BCUT2D eigenvalue weighted by Gasteiger charge is -2.32. The second kappa shape index (κ2) is 7.88. The highest BCUT2D eigenvalue weighted by Crippen LogP contribution is 2.35. The first-order valence-electron chi connectivity index (χ1n) is 9.83. The quantitative estimate of drug-likeness (QED) is 0.847. The lowest BCUT2D eigenvalue weighted by Crippen LogP contribution is -2.36. The van der Waals surface area contributed by atoms with Gasteiger partial charge in [-0.25, -0.2) is 23.7 Å². The van der Waals surface area contributed by atoms with Crippen molar-refractivity contribution in [2.45, 2.75) is 38.0 Å². The summed E-state index contributed by atoms with van der Waals surface area (Å²) < 4.78 is 27.5. The Labute approximate surface area is 168 Å². The number of hydrogen-bond donors (Lipinski definition) is 1. The number of amides is 1. The molecule has 0 spiro atoms. The summed E-state index contributed by atoms with van der Waals surface area (Å²) in [5, 5.41) is 3.15. The molecule has 2 saturated heterocycles. The van der Waals surface area contributed by atoms with Crippen LogP contribution in [-0.4, -0.2) is 57.9 Å². The zero-order valence-corrected chi connectivity index (χ0v) is 16.3. The fourth-order valence-electron chi connectivity index (χ4n) is 3.95. The molecule has 0 bridgehead atoms. The van der Waals surface area contributed by atoms with Crippen molar-refractivity contribution in [3.63, 3.8) is 0 Å². The van der Waals surface area contributed by atoms with Crippen molar-refractivity contribution in [2.24, 2.45) is 0 Å². The van der Waals surface area contributed by atoms with E-state index in [-0.39, 0.29) is 31.3 Å². The minimum absolute atomic E-state index is 0.0873. The maximum Gasteiger partial charge on any atom is 0.266 e. The second-order valence-corrected chi connectivity index (χ2v) is 7.67. The summed E-state index contributed by atoms with van der Waals surface area (Å²) in [7, 11) is 0. The number of piperidine rings is 1. The number of nitrogens with zero attached hydrogens (tertiary/aromatic N) is 5. The molecule has 154 valence electrons. The highest BCUT2D eigenvalue weighted by atomic mass is 19.3. The van der Waals surface area contributed by atoms with E-state index in [1.165, 1.54) is 6.33 Å². The van der Waals surface area contributed by atoms with Crippen LogP contribution in [0.2, 0.25) is 0 Å². The topological polar surface area (TPSA) is 74.2 Å². The van der Waals surface area contributed by atoms with Crippen molar-refractivity contribution in [2.75, 3.05) is 36.4 Å². The molecule has 2 aliphatic heterocycles. The average molecular weight is 402 g/mol. The zero-order chi connectivity index (χ0) is 20.4. The molecule has 2 aromatic rings. The van der Waals surface area contributed by atoms with Gasteiger partial charge in [0.2, 0.25) is 5.91 Å². The van der Waals surface area contributed by atoms with Gasteiger partial charge in [0, 0.05) is 39.2 Å². The van der Waals surface area contributed by atoms with Crippen LogP contribution in [0.1, 0.15) is 37.7 Å². The number of carbonyl (C=O) groups is 1. The Morgan fingerprint density at radius 1 is 1.21 bits per heavy atom. The first-order chi connectivity index (χ1) is 13.9. The molecule has 1 N–H and O–H groups in total. The average Bonchev–Trinajstić information content (AvgIpc) is 3.08. The Hall–Kier alpha value is -2.84. The Kier molecular flexibility index (Phi) is 5.29. The van der Waals surface area contributed by atoms with E-state index in [4.69, 9.17) is 0 Å². The molecule has 1 amide bonds. The number of alkyl halides is 2. The van der Waals surface area contributed by atoms with Crippen LogP contribution in [0.3, 0.4) is 0 Å². The Morgan fingerprint density at radius 3 is 2.62 bits per heavy atom. The first kappa shape index (κ1) is 19.5. The molecule has 0 saturated carbocycles. The lowest BCUT2D eigenvalue weighted by atomic mass is 9.89. The monoisotopic (exact) mass is 402 g/mol.